The Balaban J connectivity index is 2.20. The standard InChI is InChI=1S/C13H22N4/c1-9(2)11-12(14)15-8-16-13(11)17(3)7-10-5-4-6-10/h8-10H,4-7H2,1-3H3,(H2,14,15,16). The number of hydrogen-bond donors (Lipinski definition) is 1. The smallest absolute Gasteiger partial charge is 0.137 e. The molecule has 2 rings (SSSR count). The van der Waals surface area contributed by atoms with Gasteiger partial charge < -0.3 is 10.6 Å². The Morgan fingerprint density at radius 1 is 1.41 bits per heavy atom. The predicted octanol–water partition coefficient (Wildman–Crippen LogP) is 2.42. The van der Waals surface area contributed by atoms with Crippen LogP contribution in [0.2, 0.25) is 0 Å². The topological polar surface area (TPSA) is 55.0 Å². The summed E-state index contributed by atoms with van der Waals surface area (Å²) in [7, 11) is 2.10. The Bertz CT molecular complexity index is 385. The van der Waals surface area contributed by atoms with Gasteiger partial charge in [0.25, 0.3) is 0 Å². The molecule has 1 aliphatic rings. The summed E-state index contributed by atoms with van der Waals surface area (Å²) in [6.45, 7) is 5.35. The van der Waals surface area contributed by atoms with Gasteiger partial charge in [0.15, 0.2) is 0 Å². The minimum atomic E-state index is 0.357. The van der Waals surface area contributed by atoms with Crippen molar-refractivity contribution in [1.82, 2.24) is 9.97 Å². The maximum Gasteiger partial charge on any atom is 0.137 e. The van der Waals surface area contributed by atoms with Crippen LogP contribution >= 0.6 is 0 Å². The van der Waals surface area contributed by atoms with Crippen LogP contribution in [-0.2, 0) is 0 Å². The molecule has 0 unspecified atom stereocenters. The van der Waals surface area contributed by atoms with Crippen LogP contribution in [0.5, 0.6) is 0 Å². The minimum Gasteiger partial charge on any atom is -0.383 e. The van der Waals surface area contributed by atoms with Crippen molar-refractivity contribution >= 4 is 11.6 Å². The average Bonchev–Trinajstić information content (AvgIpc) is 2.22. The van der Waals surface area contributed by atoms with E-state index >= 15 is 0 Å². The van der Waals surface area contributed by atoms with Crippen LogP contribution in [0.1, 0.15) is 44.6 Å². The van der Waals surface area contributed by atoms with E-state index in [-0.39, 0.29) is 0 Å². The fourth-order valence-electron chi connectivity index (χ4n) is 2.41. The lowest BCUT2D eigenvalue weighted by atomic mass is 9.85. The van der Waals surface area contributed by atoms with Crippen molar-refractivity contribution in [2.45, 2.75) is 39.0 Å². The molecule has 1 aromatic rings. The van der Waals surface area contributed by atoms with E-state index < -0.39 is 0 Å². The van der Waals surface area contributed by atoms with Crippen LogP contribution in [0.4, 0.5) is 11.6 Å². The molecule has 0 bridgehead atoms. The van der Waals surface area contributed by atoms with Gasteiger partial charge >= 0.3 is 0 Å². The summed E-state index contributed by atoms with van der Waals surface area (Å²) in [6.07, 6.45) is 5.64. The van der Waals surface area contributed by atoms with Crippen LogP contribution in [0, 0.1) is 5.92 Å². The molecular formula is C13H22N4. The summed E-state index contributed by atoms with van der Waals surface area (Å²) in [5, 5.41) is 0. The van der Waals surface area contributed by atoms with E-state index in [1.165, 1.54) is 19.3 Å². The van der Waals surface area contributed by atoms with E-state index in [2.05, 4.69) is 35.8 Å². The molecule has 0 spiro atoms. The van der Waals surface area contributed by atoms with Gasteiger partial charge in [0.05, 0.1) is 0 Å². The molecule has 1 aromatic heterocycles. The van der Waals surface area contributed by atoms with E-state index in [9.17, 15) is 0 Å². The van der Waals surface area contributed by atoms with Crippen molar-refractivity contribution in [3.8, 4) is 0 Å². The number of nitrogens with two attached hydrogens (primary N) is 1. The lowest BCUT2D eigenvalue weighted by Crippen LogP contribution is -2.31. The number of rotatable bonds is 4. The third kappa shape index (κ3) is 2.51. The number of aromatic nitrogens is 2. The van der Waals surface area contributed by atoms with Gasteiger partial charge in [-0.25, -0.2) is 9.97 Å². The summed E-state index contributed by atoms with van der Waals surface area (Å²) >= 11 is 0. The summed E-state index contributed by atoms with van der Waals surface area (Å²) in [5.74, 6) is 2.80. The highest BCUT2D eigenvalue weighted by atomic mass is 15.2. The molecular weight excluding hydrogens is 212 g/mol. The molecule has 2 N–H and O–H groups in total. The number of hydrogen-bond acceptors (Lipinski definition) is 4. The number of anilines is 2. The van der Waals surface area contributed by atoms with Gasteiger partial charge in [-0.3, -0.25) is 0 Å². The summed E-state index contributed by atoms with van der Waals surface area (Å²) in [4.78, 5) is 10.7. The van der Waals surface area contributed by atoms with Gasteiger partial charge in [0, 0.05) is 19.2 Å². The van der Waals surface area contributed by atoms with Gasteiger partial charge in [-0.05, 0) is 24.7 Å². The monoisotopic (exact) mass is 234 g/mol. The summed E-state index contributed by atoms with van der Waals surface area (Å²) in [5.41, 5.74) is 7.04. The van der Waals surface area contributed by atoms with Gasteiger partial charge in [0.1, 0.15) is 18.0 Å². The quantitative estimate of drug-likeness (QED) is 0.869. The maximum absolute atomic E-state index is 5.96. The molecule has 0 aromatic carbocycles. The zero-order valence-corrected chi connectivity index (χ0v) is 11.0. The van der Waals surface area contributed by atoms with Crippen molar-refractivity contribution in [3.63, 3.8) is 0 Å². The normalized spacial score (nSPS) is 16.0. The lowest BCUT2D eigenvalue weighted by molar-refractivity contribution is 0.321. The Hall–Kier alpha value is -1.32. The van der Waals surface area contributed by atoms with Crippen molar-refractivity contribution in [2.75, 3.05) is 24.2 Å². The van der Waals surface area contributed by atoms with Crippen LogP contribution in [0.15, 0.2) is 6.33 Å². The first-order chi connectivity index (χ1) is 8.09. The highest BCUT2D eigenvalue weighted by Gasteiger charge is 2.22. The van der Waals surface area contributed by atoms with Crippen molar-refractivity contribution in [2.24, 2.45) is 5.92 Å². The first kappa shape index (κ1) is 12.1. The molecule has 0 radical (unpaired) electrons. The van der Waals surface area contributed by atoms with Gasteiger partial charge in [-0.15, -0.1) is 0 Å². The first-order valence-electron chi connectivity index (χ1n) is 6.41. The van der Waals surface area contributed by atoms with Crippen molar-refractivity contribution in [3.05, 3.63) is 11.9 Å². The highest BCUT2D eigenvalue weighted by molar-refractivity contribution is 5.57. The second kappa shape index (κ2) is 4.90. The van der Waals surface area contributed by atoms with Crippen LogP contribution < -0.4 is 10.6 Å². The Morgan fingerprint density at radius 2 is 2.12 bits per heavy atom. The third-order valence-corrected chi connectivity index (χ3v) is 3.59. The van der Waals surface area contributed by atoms with E-state index in [0.717, 1.165) is 23.8 Å². The molecule has 1 fully saturated rings. The predicted molar refractivity (Wildman–Crippen MR) is 71.1 cm³/mol. The third-order valence-electron chi connectivity index (χ3n) is 3.59. The van der Waals surface area contributed by atoms with Gasteiger partial charge in [0.2, 0.25) is 0 Å². The molecule has 0 atom stereocenters. The fourth-order valence-corrected chi connectivity index (χ4v) is 2.41. The molecule has 17 heavy (non-hydrogen) atoms. The fraction of sp³-hybridized carbons (Fsp3) is 0.692. The molecule has 1 aliphatic carbocycles. The van der Waals surface area contributed by atoms with Crippen molar-refractivity contribution in [1.29, 1.82) is 0 Å². The van der Waals surface area contributed by atoms with E-state index in [0.29, 0.717) is 11.7 Å². The Kier molecular flexibility index (Phi) is 3.50. The van der Waals surface area contributed by atoms with Crippen LogP contribution in [-0.4, -0.2) is 23.6 Å². The molecule has 0 saturated heterocycles. The van der Waals surface area contributed by atoms with E-state index in [1.807, 2.05) is 0 Å². The molecule has 0 aliphatic heterocycles. The second-order valence-corrected chi connectivity index (χ2v) is 5.33. The molecule has 94 valence electrons. The highest BCUT2D eigenvalue weighted by Crippen LogP contribution is 2.32. The molecule has 4 nitrogen and oxygen atoms in total. The second-order valence-electron chi connectivity index (χ2n) is 5.33. The number of nitrogens with zero attached hydrogens (tertiary/aromatic N) is 3. The van der Waals surface area contributed by atoms with Crippen molar-refractivity contribution < 1.29 is 0 Å². The molecule has 1 saturated carbocycles. The SMILES string of the molecule is CC(C)c1c(N)ncnc1N(C)CC1CCC1. The largest absolute Gasteiger partial charge is 0.383 e. The Morgan fingerprint density at radius 3 is 2.65 bits per heavy atom. The zero-order chi connectivity index (χ0) is 12.4. The Labute approximate surface area is 103 Å². The summed E-state index contributed by atoms with van der Waals surface area (Å²) in [6, 6.07) is 0. The van der Waals surface area contributed by atoms with E-state index in [1.54, 1.807) is 6.33 Å². The summed E-state index contributed by atoms with van der Waals surface area (Å²) < 4.78 is 0. The lowest BCUT2D eigenvalue weighted by Gasteiger charge is -2.32. The van der Waals surface area contributed by atoms with Gasteiger partial charge in [-0.2, -0.15) is 0 Å². The number of nitrogen functional groups attached to an aromatic ring is 1. The van der Waals surface area contributed by atoms with Crippen LogP contribution in [0.25, 0.3) is 0 Å². The molecule has 4 heteroatoms. The van der Waals surface area contributed by atoms with Crippen LogP contribution in [0.3, 0.4) is 0 Å². The maximum atomic E-state index is 5.96. The zero-order valence-electron chi connectivity index (χ0n) is 11.0. The molecule has 0 amide bonds. The van der Waals surface area contributed by atoms with E-state index in [4.69, 9.17) is 5.73 Å². The average molecular weight is 234 g/mol. The minimum absolute atomic E-state index is 0.357. The first-order valence-corrected chi connectivity index (χ1v) is 6.41. The van der Waals surface area contributed by atoms with Gasteiger partial charge in [-0.1, -0.05) is 20.3 Å². The molecule has 1 heterocycles.